The molecule has 1 heterocycles. The summed E-state index contributed by atoms with van der Waals surface area (Å²) in [4.78, 5) is 15.9. The molecular weight excluding hydrogens is 346 g/mol. The Labute approximate surface area is 149 Å². The number of hydrogen-bond acceptors (Lipinski definition) is 5. The first kappa shape index (κ1) is 18.5. The van der Waals surface area contributed by atoms with Crippen molar-refractivity contribution in [3.8, 4) is 23.0 Å². The largest absolute Gasteiger partial charge is 1.00 e. The van der Waals surface area contributed by atoms with Gasteiger partial charge in [-0.05, 0) is 26.0 Å². The van der Waals surface area contributed by atoms with E-state index >= 15 is 0 Å². The maximum atomic E-state index is 11.6. The van der Waals surface area contributed by atoms with E-state index in [1.54, 1.807) is 6.07 Å². The Hall–Kier alpha value is -2.80. The monoisotopic (exact) mass is 363 g/mol. The molecule has 0 aromatic heterocycles. The number of fused-ring (bicyclic) bond motifs is 2. The van der Waals surface area contributed by atoms with Gasteiger partial charge in [0.1, 0.15) is 24.3 Å². The average Bonchev–Trinajstić information content (AvgIpc) is 2.57. The molecule has 0 saturated heterocycles. The van der Waals surface area contributed by atoms with Gasteiger partial charge in [-0.15, -0.1) is 0 Å². The second kappa shape index (κ2) is 6.98. The Morgan fingerprint density at radius 3 is 2.52 bits per heavy atom. The van der Waals surface area contributed by atoms with Crippen LogP contribution in [0.1, 0.15) is 24.2 Å². The first-order chi connectivity index (χ1) is 11.5. The van der Waals surface area contributed by atoms with Crippen molar-refractivity contribution in [1.29, 1.82) is 0 Å². The summed E-state index contributed by atoms with van der Waals surface area (Å²) in [6, 6.07) is 6.58. The van der Waals surface area contributed by atoms with Crippen molar-refractivity contribution in [2.24, 2.45) is 5.73 Å². The number of aromatic hydroxyl groups is 2. The number of phenolic OH excluding ortho intramolecular Hbond substituents is 2. The number of hydrogen-bond donors (Lipinski definition) is 3. The molecule has 8 heteroatoms. The number of carbonyl (C=O) groups excluding carboxylic acids is 1. The van der Waals surface area contributed by atoms with E-state index in [1.807, 2.05) is 26.0 Å². The van der Waals surface area contributed by atoms with Crippen molar-refractivity contribution in [2.45, 2.75) is 13.8 Å². The Bertz CT molecular complexity index is 991. The molecule has 1 amide bonds. The zero-order chi connectivity index (χ0) is 17.4. The molecule has 7 nitrogen and oxygen atoms in total. The molecule has 0 radical (unpaired) electrons. The molecule has 1 aliphatic heterocycles. The lowest BCUT2D eigenvalue weighted by Crippen LogP contribution is -3.00. The summed E-state index contributed by atoms with van der Waals surface area (Å²) in [5.41, 5.74) is 5.86. The van der Waals surface area contributed by atoms with Gasteiger partial charge in [0.05, 0.1) is 11.6 Å². The van der Waals surface area contributed by atoms with Gasteiger partial charge in [0.2, 0.25) is 11.1 Å². The predicted octanol–water partition coefficient (Wildman–Crippen LogP) is -1.74. The van der Waals surface area contributed by atoms with E-state index in [0.717, 1.165) is 24.5 Å². The molecule has 0 unspecified atom stereocenters. The minimum Gasteiger partial charge on any atom is -1.00 e. The van der Waals surface area contributed by atoms with Crippen molar-refractivity contribution in [3.05, 3.63) is 35.2 Å². The van der Waals surface area contributed by atoms with E-state index in [9.17, 15) is 15.0 Å². The highest BCUT2D eigenvalue weighted by atomic mass is 35.5. The lowest BCUT2D eigenvalue weighted by atomic mass is 10.1. The third-order valence-corrected chi connectivity index (χ3v) is 3.99. The first-order valence-electron chi connectivity index (χ1n) is 7.63. The van der Waals surface area contributed by atoms with Gasteiger partial charge in [0, 0.05) is 6.07 Å². The number of benzene rings is 2. The van der Waals surface area contributed by atoms with Crippen LogP contribution in [-0.2, 0) is 0 Å². The van der Waals surface area contributed by atoms with Crippen LogP contribution in [0.5, 0.6) is 11.5 Å². The smallest absolute Gasteiger partial charge is 0.251 e. The molecule has 0 fully saturated rings. The first-order valence-corrected chi connectivity index (χ1v) is 7.63. The highest BCUT2D eigenvalue weighted by Gasteiger charge is 2.21. The highest BCUT2D eigenvalue weighted by molar-refractivity contribution is 6.06. The standard InChI is InChI=1S/C17H17N3O4.ClH/c1-3-20(4-2)9-5-6-11-13(7-9)24-16-14(19-11)10(17(18)23)8-12(21)15(16)22;/h5-8H,3-4H2,1-2H3,(H3,18,19,22,23);1H. The number of carbonyl (C=O) groups is 1. The van der Waals surface area contributed by atoms with E-state index in [0.29, 0.717) is 11.5 Å². The Kier molecular flexibility index (Phi) is 5.18. The Morgan fingerprint density at radius 2 is 1.92 bits per heavy atom. The van der Waals surface area contributed by atoms with Crippen molar-refractivity contribution >= 4 is 17.0 Å². The lowest BCUT2D eigenvalue weighted by Gasteiger charge is -2.10. The third-order valence-electron chi connectivity index (χ3n) is 3.99. The van der Waals surface area contributed by atoms with Crippen molar-refractivity contribution < 1.29 is 31.8 Å². The summed E-state index contributed by atoms with van der Waals surface area (Å²) in [5, 5.41) is 20.8. The molecule has 0 saturated carbocycles. The lowest BCUT2D eigenvalue weighted by molar-refractivity contribution is -0.0000154. The van der Waals surface area contributed by atoms with Crippen LogP contribution in [0.2, 0.25) is 0 Å². The van der Waals surface area contributed by atoms with Crippen LogP contribution in [-0.4, -0.2) is 34.2 Å². The van der Waals surface area contributed by atoms with Gasteiger partial charge in [-0.3, -0.25) is 4.79 Å². The Morgan fingerprint density at radius 1 is 1.24 bits per heavy atom. The molecule has 25 heavy (non-hydrogen) atoms. The molecule has 4 N–H and O–H groups in total. The van der Waals surface area contributed by atoms with Crippen molar-refractivity contribution in [3.63, 3.8) is 0 Å². The van der Waals surface area contributed by atoms with Crippen molar-refractivity contribution in [2.75, 3.05) is 13.1 Å². The average molecular weight is 364 g/mol. The van der Waals surface area contributed by atoms with Crippen LogP contribution in [0.25, 0.3) is 22.6 Å². The fourth-order valence-corrected chi connectivity index (χ4v) is 2.71. The van der Waals surface area contributed by atoms with E-state index in [1.165, 1.54) is 0 Å². The van der Waals surface area contributed by atoms with Gasteiger partial charge >= 0.3 is 0 Å². The van der Waals surface area contributed by atoms with Gasteiger partial charge in [-0.1, -0.05) is 0 Å². The minimum absolute atomic E-state index is 0. The third kappa shape index (κ3) is 3.10. The number of amides is 1. The summed E-state index contributed by atoms with van der Waals surface area (Å²) in [5.74, 6) is -1.29. The number of aromatic nitrogens is 1. The number of phenols is 2. The molecule has 0 bridgehead atoms. The zero-order valence-electron chi connectivity index (χ0n) is 13.8. The van der Waals surface area contributed by atoms with Gasteiger partial charge in [-0.2, -0.15) is 0 Å². The molecule has 1 aromatic carbocycles. The van der Waals surface area contributed by atoms with Gasteiger partial charge < -0.3 is 32.8 Å². The van der Waals surface area contributed by atoms with Gasteiger partial charge in [0.15, 0.2) is 17.1 Å². The van der Waals surface area contributed by atoms with Crippen molar-refractivity contribution in [1.82, 2.24) is 9.56 Å². The van der Waals surface area contributed by atoms with Crippen LogP contribution in [0.15, 0.2) is 28.7 Å². The molecule has 0 spiro atoms. The molecule has 1 aromatic rings. The second-order valence-corrected chi connectivity index (χ2v) is 5.37. The summed E-state index contributed by atoms with van der Waals surface area (Å²) >= 11 is 0. The van der Waals surface area contributed by atoms with E-state index in [-0.39, 0.29) is 29.1 Å². The second-order valence-electron chi connectivity index (χ2n) is 5.37. The summed E-state index contributed by atoms with van der Waals surface area (Å²) in [7, 11) is 0. The number of rotatable bonds is 3. The molecule has 132 valence electrons. The van der Waals surface area contributed by atoms with Crippen LogP contribution in [0, 0.1) is 0 Å². The summed E-state index contributed by atoms with van der Waals surface area (Å²) < 4.78 is 7.86. The van der Waals surface area contributed by atoms with Crippen LogP contribution in [0.4, 0.5) is 0 Å². The SMILES string of the molecule is CC[N+](CC)=c1ccc2nc3c(C(N)=O)cc(O)c(O)c3oc-2c1.[Cl-]. The molecule has 1 aliphatic carbocycles. The molecule has 0 atom stereocenters. The fraction of sp³-hybridized carbons (Fsp3) is 0.235. The van der Waals surface area contributed by atoms with Crippen LogP contribution < -0.4 is 28.1 Å². The van der Waals surface area contributed by atoms with E-state index in [2.05, 4.69) is 9.56 Å². The summed E-state index contributed by atoms with van der Waals surface area (Å²) in [6.45, 7) is 5.76. The molecule has 2 aliphatic rings. The van der Waals surface area contributed by atoms with Crippen LogP contribution >= 0.6 is 0 Å². The number of halogens is 1. The maximum Gasteiger partial charge on any atom is 0.251 e. The maximum absolute atomic E-state index is 11.6. The van der Waals surface area contributed by atoms with Crippen LogP contribution in [0.3, 0.4) is 0 Å². The number of nitrogens with zero attached hydrogens (tertiary/aromatic N) is 2. The normalized spacial score (nSPS) is 10.6. The zero-order valence-corrected chi connectivity index (χ0v) is 14.5. The van der Waals surface area contributed by atoms with E-state index in [4.69, 9.17) is 10.2 Å². The van der Waals surface area contributed by atoms with Gasteiger partial charge in [0.25, 0.3) is 5.91 Å². The minimum atomic E-state index is -0.767. The number of primary amides is 1. The number of nitrogens with two attached hydrogens (primary N) is 1. The Balaban J connectivity index is 0.00000225. The van der Waals surface area contributed by atoms with Gasteiger partial charge in [-0.25, -0.2) is 9.56 Å². The topological polar surface area (TPSA) is 113 Å². The van der Waals surface area contributed by atoms with E-state index < -0.39 is 17.4 Å². The molecular formula is C17H18ClN3O4. The quantitative estimate of drug-likeness (QED) is 0.290. The highest BCUT2D eigenvalue weighted by Crippen LogP contribution is 2.37. The fourth-order valence-electron chi connectivity index (χ4n) is 2.71. The molecule has 3 rings (SSSR count). The summed E-state index contributed by atoms with van der Waals surface area (Å²) in [6.07, 6.45) is 0. The predicted molar refractivity (Wildman–Crippen MR) is 88.8 cm³/mol.